The van der Waals surface area contributed by atoms with Crippen molar-refractivity contribution in [3.63, 3.8) is 0 Å². The Kier molecular flexibility index (Phi) is 3.53. The van der Waals surface area contributed by atoms with E-state index in [4.69, 9.17) is 5.73 Å². The summed E-state index contributed by atoms with van der Waals surface area (Å²) in [5.41, 5.74) is 6.46. The fourth-order valence-electron chi connectivity index (χ4n) is 1.86. The summed E-state index contributed by atoms with van der Waals surface area (Å²) in [7, 11) is 0. The molecule has 0 aromatic heterocycles. The first-order valence-corrected chi connectivity index (χ1v) is 5.63. The molecule has 0 radical (unpaired) electrons. The SMILES string of the molecule is NC(=O)C(C(=O)c1ccccc1)c1ccccc1. The molecule has 1 unspecified atom stereocenters. The zero-order valence-corrected chi connectivity index (χ0v) is 9.74. The summed E-state index contributed by atoms with van der Waals surface area (Å²) in [5, 5.41) is 0. The third-order valence-corrected chi connectivity index (χ3v) is 2.74. The first-order chi connectivity index (χ1) is 8.70. The lowest BCUT2D eigenvalue weighted by atomic mass is 9.90. The van der Waals surface area contributed by atoms with Gasteiger partial charge in [-0.15, -0.1) is 0 Å². The molecule has 2 rings (SSSR count). The van der Waals surface area contributed by atoms with E-state index in [1.54, 1.807) is 48.5 Å². The van der Waals surface area contributed by atoms with Crippen molar-refractivity contribution in [2.45, 2.75) is 5.92 Å². The standard InChI is InChI=1S/C15H13NO2/c16-15(18)13(11-7-3-1-4-8-11)14(17)12-9-5-2-6-10-12/h1-10,13H,(H2,16,18). The van der Waals surface area contributed by atoms with Crippen LogP contribution >= 0.6 is 0 Å². The van der Waals surface area contributed by atoms with Gasteiger partial charge < -0.3 is 5.73 Å². The lowest BCUT2D eigenvalue weighted by Crippen LogP contribution is -2.28. The summed E-state index contributed by atoms with van der Waals surface area (Å²) in [6.45, 7) is 0. The van der Waals surface area contributed by atoms with Crippen LogP contribution in [0.4, 0.5) is 0 Å². The molecule has 18 heavy (non-hydrogen) atoms. The Balaban J connectivity index is 2.39. The molecule has 0 saturated heterocycles. The number of carbonyl (C=O) groups excluding carboxylic acids is 2. The van der Waals surface area contributed by atoms with Crippen molar-refractivity contribution < 1.29 is 9.59 Å². The van der Waals surface area contributed by atoms with Crippen LogP contribution in [0.3, 0.4) is 0 Å². The van der Waals surface area contributed by atoms with Crippen molar-refractivity contribution >= 4 is 11.7 Å². The molecular formula is C15H13NO2. The number of ketones is 1. The van der Waals surface area contributed by atoms with E-state index < -0.39 is 11.8 Å². The van der Waals surface area contributed by atoms with Gasteiger partial charge in [0, 0.05) is 5.56 Å². The van der Waals surface area contributed by atoms with Crippen molar-refractivity contribution in [1.29, 1.82) is 0 Å². The van der Waals surface area contributed by atoms with Gasteiger partial charge in [0.25, 0.3) is 0 Å². The molecule has 0 spiro atoms. The fraction of sp³-hybridized carbons (Fsp3) is 0.0667. The van der Waals surface area contributed by atoms with Crippen LogP contribution in [0.25, 0.3) is 0 Å². The Morgan fingerprint density at radius 1 is 0.833 bits per heavy atom. The van der Waals surface area contributed by atoms with Crippen LogP contribution < -0.4 is 5.73 Å². The van der Waals surface area contributed by atoms with Gasteiger partial charge in [0.2, 0.25) is 5.91 Å². The Labute approximate surface area is 105 Å². The van der Waals surface area contributed by atoms with Gasteiger partial charge in [-0.25, -0.2) is 0 Å². The molecule has 0 aliphatic heterocycles. The summed E-state index contributed by atoms with van der Waals surface area (Å²) in [6.07, 6.45) is 0. The van der Waals surface area contributed by atoms with E-state index in [0.29, 0.717) is 11.1 Å². The van der Waals surface area contributed by atoms with Crippen LogP contribution in [-0.2, 0) is 4.79 Å². The number of nitrogens with two attached hydrogens (primary N) is 1. The molecule has 1 atom stereocenters. The van der Waals surface area contributed by atoms with Gasteiger partial charge in [0.05, 0.1) is 0 Å². The van der Waals surface area contributed by atoms with Gasteiger partial charge in [0.1, 0.15) is 5.92 Å². The molecule has 0 fully saturated rings. The van der Waals surface area contributed by atoms with Crippen LogP contribution in [0, 0.1) is 0 Å². The minimum atomic E-state index is -0.923. The first-order valence-electron chi connectivity index (χ1n) is 5.63. The maximum atomic E-state index is 12.3. The molecule has 2 aromatic carbocycles. The Morgan fingerprint density at radius 3 is 1.83 bits per heavy atom. The third-order valence-electron chi connectivity index (χ3n) is 2.74. The number of amides is 1. The topological polar surface area (TPSA) is 60.2 Å². The highest BCUT2D eigenvalue weighted by Crippen LogP contribution is 2.20. The molecule has 2 N–H and O–H groups in total. The quantitative estimate of drug-likeness (QED) is 0.656. The average molecular weight is 239 g/mol. The number of benzene rings is 2. The first kappa shape index (κ1) is 12.0. The minimum Gasteiger partial charge on any atom is -0.369 e. The lowest BCUT2D eigenvalue weighted by Gasteiger charge is -2.12. The summed E-state index contributed by atoms with van der Waals surface area (Å²) in [5.74, 6) is -1.82. The summed E-state index contributed by atoms with van der Waals surface area (Å²) in [6, 6.07) is 17.6. The molecule has 3 heteroatoms. The Morgan fingerprint density at radius 2 is 1.33 bits per heavy atom. The monoisotopic (exact) mass is 239 g/mol. The predicted octanol–water partition coefficient (Wildman–Crippen LogP) is 2.14. The maximum Gasteiger partial charge on any atom is 0.232 e. The van der Waals surface area contributed by atoms with Gasteiger partial charge in [-0.05, 0) is 5.56 Å². The van der Waals surface area contributed by atoms with Crippen LogP contribution in [0.5, 0.6) is 0 Å². The van der Waals surface area contributed by atoms with Crippen molar-refractivity contribution in [2.75, 3.05) is 0 Å². The van der Waals surface area contributed by atoms with E-state index in [1.807, 2.05) is 12.1 Å². The molecule has 0 aliphatic rings. The van der Waals surface area contributed by atoms with Crippen LogP contribution in [0.15, 0.2) is 60.7 Å². The molecule has 3 nitrogen and oxygen atoms in total. The van der Waals surface area contributed by atoms with E-state index in [2.05, 4.69) is 0 Å². The Bertz CT molecular complexity index is 549. The fourth-order valence-corrected chi connectivity index (χ4v) is 1.86. The predicted molar refractivity (Wildman–Crippen MR) is 69.1 cm³/mol. The number of rotatable bonds is 4. The van der Waals surface area contributed by atoms with Crippen LogP contribution in [0.2, 0.25) is 0 Å². The van der Waals surface area contributed by atoms with E-state index in [1.165, 1.54) is 0 Å². The van der Waals surface area contributed by atoms with Crippen molar-refractivity contribution in [3.8, 4) is 0 Å². The van der Waals surface area contributed by atoms with Crippen molar-refractivity contribution in [1.82, 2.24) is 0 Å². The van der Waals surface area contributed by atoms with E-state index in [0.717, 1.165) is 0 Å². The molecule has 1 amide bonds. The molecule has 0 bridgehead atoms. The van der Waals surface area contributed by atoms with E-state index >= 15 is 0 Å². The van der Waals surface area contributed by atoms with Gasteiger partial charge in [-0.2, -0.15) is 0 Å². The molecular weight excluding hydrogens is 226 g/mol. The second kappa shape index (κ2) is 5.27. The molecule has 0 saturated carbocycles. The molecule has 90 valence electrons. The minimum absolute atomic E-state index is 0.269. The smallest absolute Gasteiger partial charge is 0.232 e. The van der Waals surface area contributed by atoms with E-state index in [-0.39, 0.29) is 5.78 Å². The van der Waals surface area contributed by atoms with Crippen molar-refractivity contribution in [2.24, 2.45) is 5.73 Å². The number of carbonyl (C=O) groups is 2. The van der Waals surface area contributed by atoms with Gasteiger partial charge >= 0.3 is 0 Å². The second-order valence-corrected chi connectivity index (χ2v) is 3.98. The number of hydrogen-bond donors (Lipinski definition) is 1. The third kappa shape index (κ3) is 2.46. The normalized spacial score (nSPS) is 11.8. The molecule has 0 heterocycles. The van der Waals surface area contributed by atoms with Gasteiger partial charge in [-0.1, -0.05) is 60.7 Å². The summed E-state index contributed by atoms with van der Waals surface area (Å²) >= 11 is 0. The number of hydrogen-bond acceptors (Lipinski definition) is 2. The highest BCUT2D eigenvalue weighted by Gasteiger charge is 2.26. The zero-order chi connectivity index (χ0) is 13.0. The average Bonchev–Trinajstić information content (AvgIpc) is 2.40. The molecule has 2 aromatic rings. The maximum absolute atomic E-state index is 12.3. The summed E-state index contributed by atoms with van der Waals surface area (Å²) < 4.78 is 0. The van der Waals surface area contributed by atoms with Gasteiger partial charge in [0.15, 0.2) is 5.78 Å². The molecule has 0 aliphatic carbocycles. The van der Waals surface area contributed by atoms with Crippen LogP contribution in [-0.4, -0.2) is 11.7 Å². The zero-order valence-electron chi connectivity index (χ0n) is 9.74. The highest BCUT2D eigenvalue weighted by atomic mass is 16.2. The van der Waals surface area contributed by atoms with Crippen LogP contribution in [0.1, 0.15) is 21.8 Å². The number of primary amides is 1. The van der Waals surface area contributed by atoms with Crippen molar-refractivity contribution in [3.05, 3.63) is 71.8 Å². The highest BCUT2D eigenvalue weighted by molar-refractivity contribution is 6.13. The lowest BCUT2D eigenvalue weighted by molar-refractivity contribution is -0.118. The van der Waals surface area contributed by atoms with E-state index in [9.17, 15) is 9.59 Å². The van der Waals surface area contributed by atoms with Gasteiger partial charge in [-0.3, -0.25) is 9.59 Å². The Hall–Kier alpha value is -2.42. The second-order valence-electron chi connectivity index (χ2n) is 3.98. The largest absolute Gasteiger partial charge is 0.369 e. The summed E-state index contributed by atoms with van der Waals surface area (Å²) in [4.78, 5) is 23.8. The number of Topliss-reactive ketones (excluding diaryl/α,β-unsaturated/α-hetero) is 1.